The molecule has 0 bridgehead atoms. The summed E-state index contributed by atoms with van der Waals surface area (Å²) in [7, 11) is 0. The number of carboxylic acid groups (broad SMARTS) is 1. The summed E-state index contributed by atoms with van der Waals surface area (Å²) in [5.41, 5.74) is 0.477. The van der Waals surface area contributed by atoms with Crippen molar-refractivity contribution in [2.24, 2.45) is 0 Å². The summed E-state index contributed by atoms with van der Waals surface area (Å²) < 4.78 is 26.3. The average Bonchev–Trinajstić information content (AvgIpc) is 2.79. The SMILES string of the molecule is O=C(O)CN(Cc1cc(F)cc(F)c1)C1CCCC1. The smallest absolute Gasteiger partial charge is 0.317 e. The Morgan fingerprint density at radius 1 is 1.21 bits per heavy atom. The topological polar surface area (TPSA) is 40.5 Å². The fraction of sp³-hybridized carbons (Fsp3) is 0.500. The van der Waals surface area contributed by atoms with Gasteiger partial charge in [0, 0.05) is 18.7 Å². The van der Waals surface area contributed by atoms with Crippen LogP contribution < -0.4 is 0 Å². The third-order valence-electron chi connectivity index (χ3n) is 3.49. The highest BCUT2D eigenvalue weighted by molar-refractivity contribution is 5.69. The van der Waals surface area contributed by atoms with E-state index in [2.05, 4.69) is 0 Å². The number of hydrogen-bond donors (Lipinski definition) is 1. The van der Waals surface area contributed by atoms with Gasteiger partial charge in [0.1, 0.15) is 11.6 Å². The van der Waals surface area contributed by atoms with E-state index in [1.54, 1.807) is 4.90 Å². The van der Waals surface area contributed by atoms with Crippen molar-refractivity contribution in [3.63, 3.8) is 0 Å². The zero-order valence-electron chi connectivity index (χ0n) is 10.6. The highest BCUT2D eigenvalue weighted by Gasteiger charge is 2.24. The molecule has 0 amide bonds. The lowest BCUT2D eigenvalue weighted by atomic mass is 10.1. The highest BCUT2D eigenvalue weighted by atomic mass is 19.1. The number of rotatable bonds is 5. The molecule has 0 unspecified atom stereocenters. The maximum atomic E-state index is 13.1. The van der Waals surface area contributed by atoms with Gasteiger partial charge in [0.25, 0.3) is 0 Å². The molecule has 0 spiro atoms. The minimum atomic E-state index is -0.913. The van der Waals surface area contributed by atoms with Crippen LogP contribution in [0.15, 0.2) is 18.2 Å². The van der Waals surface area contributed by atoms with Gasteiger partial charge in [-0.2, -0.15) is 0 Å². The Labute approximate surface area is 110 Å². The number of carboxylic acids is 1. The number of carbonyl (C=O) groups is 1. The number of halogens is 2. The largest absolute Gasteiger partial charge is 0.480 e. The van der Waals surface area contributed by atoms with E-state index in [-0.39, 0.29) is 19.1 Å². The molecule has 1 saturated carbocycles. The van der Waals surface area contributed by atoms with E-state index in [9.17, 15) is 13.6 Å². The summed E-state index contributed by atoms with van der Waals surface area (Å²) >= 11 is 0. The van der Waals surface area contributed by atoms with E-state index in [4.69, 9.17) is 5.11 Å². The van der Waals surface area contributed by atoms with Gasteiger partial charge in [0.2, 0.25) is 0 Å². The minimum absolute atomic E-state index is 0.0944. The maximum absolute atomic E-state index is 13.1. The van der Waals surface area contributed by atoms with Crippen molar-refractivity contribution in [2.75, 3.05) is 6.54 Å². The lowest BCUT2D eigenvalue weighted by molar-refractivity contribution is -0.139. The van der Waals surface area contributed by atoms with Gasteiger partial charge in [-0.1, -0.05) is 12.8 Å². The Morgan fingerprint density at radius 3 is 2.32 bits per heavy atom. The molecule has 1 aromatic rings. The summed E-state index contributed by atoms with van der Waals surface area (Å²) in [5, 5.41) is 8.94. The minimum Gasteiger partial charge on any atom is -0.480 e. The van der Waals surface area contributed by atoms with Gasteiger partial charge in [-0.15, -0.1) is 0 Å². The van der Waals surface area contributed by atoms with Gasteiger partial charge in [-0.05, 0) is 30.5 Å². The molecule has 0 atom stereocenters. The van der Waals surface area contributed by atoms with Crippen molar-refractivity contribution in [2.45, 2.75) is 38.3 Å². The molecule has 2 rings (SSSR count). The average molecular weight is 269 g/mol. The molecule has 0 aromatic heterocycles. The molecule has 1 fully saturated rings. The summed E-state index contributed by atoms with van der Waals surface area (Å²) in [6, 6.07) is 3.53. The number of aliphatic carboxylic acids is 1. The molecule has 5 heteroatoms. The van der Waals surface area contributed by atoms with Gasteiger partial charge in [-0.25, -0.2) is 8.78 Å². The quantitative estimate of drug-likeness (QED) is 0.893. The summed E-state index contributed by atoms with van der Waals surface area (Å²) in [5.74, 6) is -2.17. The normalized spacial score (nSPS) is 16.2. The van der Waals surface area contributed by atoms with Crippen LogP contribution in [-0.4, -0.2) is 28.6 Å². The van der Waals surface area contributed by atoms with Crippen molar-refractivity contribution in [3.8, 4) is 0 Å². The summed E-state index contributed by atoms with van der Waals surface area (Å²) in [6.07, 6.45) is 4.06. The van der Waals surface area contributed by atoms with Crippen LogP contribution in [0.1, 0.15) is 31.2 Å². The molecule has 19 heavy (non-hydrogen) atoms. The molecule has 0 saturated heterocycles. The van der Waals surface area contributed by atoms with Crippen LogP contribution in [0.25, 0.3) is 0 Å². The molecule has 1 aliphatic carbocycles. The molecule has 0 radical (unpaired) electrons. The first kappa shape index (κ1) is 13.9. The van der Waals surface area contributed by atoms with Crippen LogP contribution in [0.5, 0.6) is 0 Å². The highest BCUT2D eigenvalue weighted by Crippen LogP contribution is 2.25. The van der Waals surface area contributed by atoms with Crippen molar-refractivity contribution in [1.82, 2.24) is 4.90 Å². The molecule has 1 aromatic carbocycles. The Hall–Kier alpha value is -1.49. The van der Waals surface area contributed by atoms with Crippen LogP contribution >= 0.6 is 0 Å². The van der Waals surface area contributed by atoms with Crippen molar-refractivity contribution >= 4 is 5.97 Å². The predicted molar refractivity (Wildman–Crippen MR) is 66.7 cm³/mol. The molecular formula is C14H17F2NO2. The molecule has 1 aliphatic rings. The number of nitrogens with zero attached hydrogens (tertiary/aromatic N) is 1. The fourth-order valence-corrected chi connectivity index (χ4v) is 2.69. The maximum Gasteiger partial charge on any atom is 0.317 e. The van der Waals surface area contributed by atoms with Crippen LogP contribution in [0, 0.1) is 11.6 Å². The molecule has 104 valence electrons. The Balaban J connectivity index is 2.11. The van der Waals surface area contributed by atoms with E-state index >= 15 is 0 Å². The second kappa shape index (κ2) is 6.10. The standard InChI is InChI=1S/C14H17F2NO2/c15-11-5-10(6-12(16)7-11)8-17(9-14(18)19)13-3-1-2-4-13/h5-7,13H,1-4,8-9H2,(H,18,19). The van der Waals surface area contributed by atoms with Crippen LogP contribution in [0.2, 0.25) is 0 Å². The summed E-state index contributed by atoms with van der Waals surface area (Å²) in [4.78, 5) is 12.7. The van der Waals surface area contributed by atoms with Gasteiger partial charge in [0.15, 0.2) is 0 Å². The molecule has 1 N–H and O–H groups in total. The first-order valence-electron chi connectivity index (χ1n) is 6.45. The van der Waals surface area contributed by atoms with Gasteiger partial charge in [-0.3, -0.25) is 9.69 Å². The van der Waals surface area contributed by atoms with E-state index in [1.807, 2.05) is 0 Å². The monoisotopic (exact) mass is 269 g/mol. The second-order valence-electron chi connectivity index (χ2n) is 5.01. The lowest BCUT2D eigenvalue weighted by Gasteiger charge is -2.27. The zero-order chi connectivity index (χ0) is 13.8. The van der Waals surface area contributed by atoms with Crippen molar-refractivity contribution in [1.29, 1.82) is 0 Å². The summed E-state index contributed by atoms with van der Waals surface area (Å²) in [6.45, 7) is 0.175. The molecular weight excluding hydrogens is 252 g/mol. The van der Waals surface area contributed by atoms with Crippen LogP contribution in [0.4, 0.5) is 8.78 Å². The Kier molecular flexibility index (Phi) is 4.47. The molecule has 0 aliphatic heterocycles. The van der Waals surface area contributed by atoms with E-state index in [0.717, 1.165) is 31.7 Å². The second-order valence-corrected chi connectivity index (χ2v) is 5.01. The third kappa shape index (κ3) is 3.99. The van der Waals surface area contributed by atoms with Gasteiger partial charge < -0.3 is 5.11 Å². The number of benzene rings is 1. The molecule has 3 nitrogen and oxygen atoms in total. The lowest BCUT2D eigenvalue weighted by Crippen LogP contribution is -2.37. The predicted octanol–water partition coefficient (Wildman–Crippen LogP) is 2.79. The van der Waals surface area contributed by atoms with Crippen molar-refractivity contribution in [3.05, 3.63) is 35.4 Å². The fourth-order valence-electron chi connectivity index (χ4n) is 2.69. The first-order chi connectivity index (χ1) is 9.04. The first-order valence-corrected chi connectivity index (χ1v) is 6.45. The number of hydrogen-bond acceptors (Lipinski definition) is 2. The van der Waals surface area contributed by atoms with E-state index in [1.165, 1.54) is 12.1 Å². The van der Waals surface area contributed by atoms with Gasteiger partial charge in [0.05, 0.1) is 6.54 Å². The third-order valence-corrected chi connectivity index (χ3v) is 3.49. The van der Waals surface area contributed by atoms with Crippen LogP contribution in [0.3, 0.4) is 0 Å². The Bertz CT molecular complexity index is 439. The van der Waals surface area contributed by atoms with E-state index in [0.29, 0.717) is 5.56 Å². The van der Waals surface area contributed by atoms with Gasteiger partial charge >= 0.3 is 5.97 Å². The van der Waals surface area contributed by atoms with Crippen molar-refractivity contribution < 1.29 is 18.7 Å². The van der Waals surface area contributed by atoms with E-state index < -0.39 is 17.6 Å². The molecule has 0 heterocycles. The van der Waals surface area contributed by atoms with Crippen LogP contribution in [-0.2, 0) is 11.3 Å². The zero-order valence-corrected chi connectivity index (χ0v) is 10.6. The Morgan fingerprint density at radius 2 is 1.79 bits per heavy atom.